The Kier molecular flexibility index (Phi) is 13.4. The smallest absolute Gasteiger partial charge is 0.326 e. The van der Waals surface area contributed by atoms with Crippen LogP contribution in [0.25, 0.3) is 0 Å². The lowest BCUT2D eigenvalue weighted by Crippen LogP contribution is -2.60. The molecule has 7 N–H and O–H groups in total. The number of benzene rings is 1. The number of amides is 3. The van der Waals surface area contributed by atoms with Crippen molar-refractivity contribution in [3.05, 3.63) is 35.9 Å². The first kappa shape index (κ1) is 30.4. The summed E-state index contributed by atoms with van der Waals surface area (Å²) in [4.78, 5) is 50.1. The Morgan fingerprint density at radius 2 is 1.54 bits per heavy atom. The number of aliphatic hydroxyl groups is 1. The van der Waals surface area contributed by atoms with Gasteiger partial charge in [-0.1, -0.05) is 44.2 Å². The Balaban J connectivity index is 2.94. The van der Waals surface area contributed by atoms with Gasteiger partial charge in [0.2, 0.25) is 17.7 Å². The molecule has 0 bridgehead atoms. The van der Waals surface area contributed by atoms with Gasteiger partial charge >= 0.3 is 5.97 Å². The van der Waals surface area contributed by atoms with E-state index in [2.05, 4.69) is 16.0 Å². The normalized spacial score (nSPS) is 15.4. The summed E-state index contributed by atoms with van der Waals surface area (Å²) in [7, 11) is 0. The number of carboxylic acid groups (broad SMARTS) is 1. The summed E-state index contributed by atoms with van der Waals surface area (Å²) in [6.45, 7) is 5.15. The molecule has 5 atom stereocenters. The molecule has 196 valence electrons. The summed E-state index contributed by atoms with van der Waals surface area (Å²) < 4.78 is 0. The molecule has 35 heavy (non-hydrogen) atoms. The van der Waals surface area contributed by atoms with Crippen molar-refractivity contribution in [2.24, 2.45) is 11.7 Å². The van der Waals surface area contributed by atoms with Gasteiger partial charge in [0.1, 0.15) is 18.1 Å². The molecule has 0 saturated heterocycles. The van der Waals surface area contributed by atoms with Gasteiger partial charge in [-0.05, 0) is 43.3 Å². The van der Waals surface area contributed by atoms with E-state index in [1.807, 2.05) is 20.1 Å². The second-order valence-electron chi connectivity index (χ2n) is 8.89. The molecule has 1 aromatic rings. The van der Waals surface area contributed by atoms with Gasteiger partial charge in [-0.3, -0.25) is 14.4 Å². The maximum absolute atomic E-state index is 13.0. The first-order valence-corrected chi connectivity index (χ1v) is 13.0. The van der Waals surface area contributed by atoms with Gasteiger partial charge in [-0.2, -0.15) is 11.8 Å². The molecular weight excluding hydrogens is 472 g/mol. The second kappa shape index (κ2) is 15.4. The maximum atomic E-state index is 13.0. The van der Waals surface area contributed by atoms with Crippen molar-refractivity contribution in [1.29, 1.82) is 0 Å². The second-order valence-corrected chi connectivity index (χ2v) is 9.88. The summed E-state index contributed by atoms with van der Waals surface area (Å²) in [5.41, 5.74) is 6.62. The van der Waals surface area contributed by atoms with E-state index < -0.39 is 54.0 Å². The third-order valence-corrected chi connectivity index (χ3v) is 5.91. The number of hydrogen-bond acceptors (Lipinski definition) is 7. The van der Waals surface area contributed by atoms with Crippen LogP contribution in [0.15, 0.2) is 30.3 Å². The van der Waals surface area contributed by atoms with Crippen LogP contribution in [0.4, 0.5) is 0 Å². The summed E-state index contributed by atoms with van der Waals surface area (Å²) >= 11 is 1.45. The first-order valence-electron chi connectivity index (χ1n) is 11.6. The van der Waals surface area contributed by atoms with Gasteiger partial charge in [-0.25, -0.2) is 4.79 Å². The van der Waals surface area contributed by atoms with Crippen LogP contribution in [-0.4, -0.2) is 76.2 Å². The summed E-state index contributed by atoms with van der Waals surface area (Å²) in [6.07, 6.45) is 1.28. The maximum Gasteiger partial charge on any atom is 0.326 e. The lowest BCUT2D eigenvalue weighted by Gasteiger charge is -2.26. The lowest BCUT2D eigenvalue weighted by molar-refractivity contribution is -0.142. The molecule has 0 aliphatic rings. The highest BCUT2D eigenvalue weighted by atomic mass is 32.2. The topological polar surface area (TPSA) is 171 Å². The summed E-state index contributed by atoms with van der Waals surface area (Å²) in [6, 6.07) is 4.43. The highest BCUT2D eigenvalue weighted by Crippen LogP contribution is 2.08. The number of rotatable bonds is 15. The van der Waals surface area contributed by atoms with Crippen LogP contribution in [0.3, 0.4) is 0 Å². The zero-order valence-electron chi connectivity index (χ0n) is 20.7. The van der Waals surface area contributed by atoms with Crippen LogP contribution >= 0.6 is 11.8 Å². The fourth-order valence-corrected chi connectivity index (χ4v) is 3.84. The molecule has 5 unspecified atom stereocenters. The van der Waals surface area contributed by atoms with E-state index >= 15 is 0 Å². The van der Waals surface area contributed by atoms with E-state index in [4.69, 9.17) is 5.73 Å². The molecular formula is C24H38N4O6S. The Bertz CT molecular complexity index is 837. The molecule has 0 radical (unpaired) electrons. The number of carbonyl (C=O) groups is 4. The molecule has 11 heteroatoms. The SMILES string of the molecule is CSCCC(NC(=O)C(NC(=O)C(N)CC(C)C)C(C)O)C(=O)NC(Cc1ccccc1)C(=O)O. The molecule has 1 rings (SSSR count). The molecule has 3 amide bonds. The van der Waals surface area contributed by atoms with Gasteiger partial charge in [0.25, 0.3) is 0 Å². The minimum Gasteiger partial charge on any atom is -0.480 e. The number of hydrogen-bond donors (Lipinski definition) is 6. The van der Waals surface area contributed by atoms with Gasteiger partial charge < -0.3 is 31.9 Å². The van der Waals surface area contributed by atoms with E-state index in [1.54, 1.807) is 30.3 Å². The Labute approximate surface area is 210 Å². The first-order chi connectivity index (χ1) is 16.5. The zero-order chi connectivity index (χ0) is 26.5. The largest absolute Gasteiger partial charge is 0.480 e. The predicted octanol–water partition coefficient (Wildman–Crippen LogP) is 0.275. The van der Waals surface area contributed by atoms with Gasteiger partial charge in [-0.15, -0.1) is 0 Å². The number of aliphatic carboxylic acids is 1. The molecule has 10 nitrogen and oxygen atoms in total. The van der Waals surface area contributed by atoms with Crippen LogP contribution in [-0.2, 0) is 25.6 Å². The molecule has 0 aliphatic carbocycles. The monoisotopic (exact) mass is 510 g/mol. The molecule has 1 aromatic carbocycles. The van der Waals surface area contributed by atoms with E-state index in [0.717, 1.165) is 5.56 Å². The number of nitrogens with one attached hydrogen (secondary N) is 3. The van der Waals surface area contributed by atoms with Crippen LogP contribution in [0.5, 0.6) is 0 Å². The van der Waals surface area contributed by atoms with Crippen molar-refractivity contribution < 1.29 is 29.4 Å². The van der Waals surface area contributed by atoms with Crippen molar-refractivity contribution in [2.75, 3.05) is 12.0 Å². The minimum absolute atomic E-state index is 0.0746. The molecule has 0 saturated carbocycles. The van der Waals surface area contributed by atoms with Crippen LogP contribution < -0.4 is 21.7 Å². The quantitative estimate of drug-likeness (QED) is 0.195. The standard InChI is InChI=1S/C24H38N4O6S/c1-14(2)12-17(25)21(30)28-20(15(3)29)23(32)26-18(10-11-35-4)22(31)27-19(24(33)34)13-16-8-6-5-7-9-16/h5-9,14-15,17-20,29H,10-13,25H2,1-4H3,(H,26,32)(H,27,31)(H,28,30)(H,33,34). The number of nitrogens with two attached hydrogens (primary N) is 1. The molecule has 0 heterocycles. The van der Waals surface area contributed by atoms with E-state index in [-0.39, 0.29) is 18.8 Å². The number of carboxylic acids is 1. The van der Waals surface area contributed by atoms with Crippen molar-refractivity contribution in [3.8, 4) is 0 Å². The number of carbonyl (C=O) groups excluding carboxylic acids is 3. The van der Waals surface area contributed by atoms with Gasteiger partial charge in [0.05, 0.1) is 12.1 Å². The zero-order valence-corrected chi connectivity index (χ0v) is 21.5. The average Bonchev–Trinajstić information content (AvgIpc) is 2.79. The highest BCUT2D eigenvalue weighted by molar-refractivity contribution is 7.98. The van der Waals surface area contributed by atoms with E-state index in [1.165, 1.54) is 18.7 Å². The highest BCUT2D eigenvalue weighted by Gasteiger charge is 2.32. The van der Waals surface area contributed by atoms with Crippen molar-refractivity contribution in [3.63, 3.8) is 0 Å². The average molecular weight is 511 g/mol. The Morgan fingerprint density at radius 1 is 0.943 bits per heavy atom. The van der Waals surface area contributed by atoms with Gasteiger partial charge in [0, 0.05) is 6.42 Å². The molecule has 0 aromatic heterocycles. The van der Waals surface area contributed by atoms with E-state index in [9.17, 15) is 29.4 Å². The Morgan fingerprint density at radius 3 is 2.06 bits per heavy atom. The van der Waals surface area contributed by atoms with Crippen LogP contribution in [0.1, 0.15) is 39.2 Å². The molecule has 0 aliphatic heterocycles. The van der Waals surface area contributed by atoms with Gasteiger partial charge in [0.15, 0.2) is 0 Å². The van der Waals surface area contributed by atoms with Crippen molar-refractivity contribution in [1.82, 2.24) is 16.0 Å². The van der Waals surface area contributed by atoms with Crippen molar-refractivity contribution in [2.45, 2.75) is 70.3 Å². The minimum atomic E-state index is -1.33. The fourth-order valence-electron chi connectivity index (χ4n) is 3.37. The lowest BCUT2D eigenvalue weighted by atomic mass is 10.0. The Hall–Kier alpha value is -2.63. The summed E-state index contributed by atoms with van der Waals surface area (Å²) in [5, 5.41) is 27.2. The van der Waals surface area contributed by atoms with E-state index in [0.29, 0.717) is 12.2 Å². The third-order valence-electron chi connectivity index (χ3n) is 5.27. The predicted molar refractivity (Wildman–Crippen MR) is 136 cm³/mol. The van der Waals surface area contributed by atoms with Crippen molar-refractivity contribution >= 4 is 35.5 Å². The molecule has 0 fully saturated rings. The number of thioether (sulfide) groups is 1. The van der Waals surface area contributed by atoms with Crippen LogP contribution in [0, 0.1) is 5.92 Å². The summed E-state index contributed by atoms with van der Waals surface area (Å²) in [5.74, 6) is -2.54. The van der Waals surface area contributed by atoms with Crippen LogP contribution in [0.2, 0.25) is 0 Å². The molecule has 0 spiro atoms. The fraction of sp³-hybridized carbons (Fsp3) is 0.583. The number of aliphatic hydroxyl groups excluding tert-OH is 1. The third kappa shape index (κ3) is 11.1.